The maximum Gasteiger partial charge on any atom is 0.0110 e. The number of rotatable bonds is 12. The van der Waals surface area contributed by atoms with Gasteiger partial charge in [-0.1, -0.05) is 20.8 Å². The maximum atomic E-state index is 3.51. The van der Waals surface area contributed by atoms with Crippen molar-refractivity contribution in [1.29, 1.82) is 0 Å². The summed E-state index contributed by atoms with van der Waals surface area (Å²) >= 11 is 0. The molecule has 21 heavy (non-hydrogen) atoms. The first-order chi connectivity index (χ1) is 10.3. The van der Waals surface area contributed by atoms with Crippen molar-refractivity contribution < 1.29 is 0 Å². The van der Waals surface area contributed by atoms with Crippen molar-refractivity contribution in [2.24, 2.45) is 0 Å². The largest absolute Gasteiger partial charge is 0.316 e. The summed E-state index contributed by atoms with van der Waals surface area (Å²) in [4.78, 5) is 7.72. The topological polar surface area (TPSA) is 33.8 Å². The van der Waals surface area contributed by atoms with Crippen LogP contribution < -0.4 is 10.6 Å². The minimum absolute atomic E-state index is 1.06. The van der Waals surface area contributed by atoms with Crippen LogP contribution in [0.1, 0.15) is 20.8 Å². The van der Waals surface area contributed by atoms with E-state index < -0.39 is 0 Å². The standard InChI is InChI=1S/C16H37N5/c1-4-17-7-8-18-9-10-19(5-2)11-14-21-15-12-20(6-3)13-16-21/h17-18H,4-16H2,1-3H3. The average molecular weight is 300 g/mol. The van der Waals surface area contributed by atoms with Crippen LogP contribution >= 0.6 is 0 Å². The van der Waals surface area contributed by atoms with Crippen LogP contribution in [0.5, 0.6) is 0 Å². The lowest BCUT2D eigenvalue weighted by Crippen LogP contribution is -2.48. The highest BCUT2D eigenvalue weighted by Gasteiger charge is 2.15. The van der Waals surface area contributed by atoms with E-state index in [1.165, 1.54) is 45.8 Å². The second-order valence-electron chi connectivity index (χ2n) is 5.81. The molecular formula is C16H37N5. The molecule has 0 aromatic heterocycles. The van der Waals surface area contributed by atoms with Gasteiger partial charge in [-0.15, -0.1) is 0 Å². The Balaban J connectivity index is 2.03. The number of likely N-dealkylation sites (N-methyl/N-ethyl adjacent to an activating group) is 3. The molecule has 0 unspecified atom stereocenters. The molecule has 1 saturated heterocycles. The first kappa shape index (κ1) is 18.8. The zero-order valence-corrected chi connectivity index (χ0v) is 14.5. The summed E-state index contributed by atoms with van der Waals surface area (Å²) in [5, 5.41) is 6.85. The number of nitrogens with zero attached hydrogens (tertiary/aromatic N) is 3. The van der Waals surface area contributed by atoms with Gasteiger partial charge in [-0.25, -0.2) is 0 Å². The minimum atomic E-state index is 1.06. The smallest absolute Gasteiger partial charge is 0.0110 e. The lowest BCUT2D eigenvalue weighted by molar-refractivity contribution is 0.123. The average Bonchev–Trinajstić information content (AvgIpc) is 2.54. The second-order valence-corrected chi connectivity index (χ2v) is 5.81. The summed E-state index contributed by atoms with van der Waals surface area (Å²) in [6.07, 6.45) is 0. The monoisotopic (exact) mass is 299 g/mol. The van der Waals surface area contributed by atoms with Gasteiger partial charge in [-0.2, -0.15) is 0 Å². The SMILES string of the molecule is CCNCCNCCN(CC)CCN1CCN(CC)CC1. The molecule has 0 spiro atoms. The molecule has 0 aromatic carbocycles. The van der Waals surface area contributed by atoms with Gasteiger partial charge in [0.05, 0.1) is 0 Å². The van der Waals surface area contributed by atoms with E-state index in [0.717, 1.165) is 39.3 Å². The lowest BCUT2D eigenvalue weighted by atomic mass is 10.3. The highest BCUT2D eigenvalue weighted by atomic mass is 15.3. The zero-order chi connectivity index (χ0) is 15.3. The highest BCUT2D eigenvalue weighted by molar-refractivity contribution is 4.72. The summed E-state index contributed by atoms with van der Waals surface area (Å²) < 4.78 is 0. The number of hydrogen-bond acceptors (Lipinski definition) is 5. The summed E-state index contributed by atoms with van der Waals surface area (Å²) in [6.45, 7) is 21.9. The number of hydrogen-bond donors (Lipinski definition) is 2. The third-order valence-corrected chi connectivity index (χ3v) is 4.43. The van der Waals surface area contributed by atoms with Crippen molar-refractivity contribution >= 4 is 0 Å². The molecule has 5 heteroatoms. The lowest BCUT2D eigenvalue weighted by Gasteiger charge is -2.35. The third-order valence-electron chi connectivity index (χ3n) is 4.43. The first-order valence-electron chi connectivity index (χ1n) is 8.88. The van der Waals surface area contributed by atoms with Gasteiger partial charge < -0.3 is 20.4 Å². The van der Waals surface area contributed by atoms with Crippen molar-refractivity contribution in [3.63, 3.8) is 0 Å². The fourth-order valence-corrected chi connectivity index (χ4v) is 2.76. The minimum Gasteiger partial charge on any atom is -0.316 e. The second kappa shape index (κ2) is 12.4. The van der Waals surface area contributed by atoms with Crippen LogP contribution in [-0.4, -0.2) is 99.8 Å². The predicted molar refractivity (Wildman–Crippen MR) is 92.1 cm³/mol. The Morgan fingerprint density at radius 2 is 1.48 bits per heavy atom. The van der Waals surface area contributed by atoms with Gasteiger partial charge in [0, 0.05) is 65.4 Å². The van der Waals surface area contributed by atoms with Crippen LogP contribution in [0.4, 0.5) is 0 Å². The Hall–Kier alpha value is -0.200. The molecule has 1 aliphatic rings. The summed E-state index contributed by atoms with van der Waals surface area (Å²) in [7, 11) is 0. The van der Waals surface area contributed by atoms with E-state index in [9.17, 15) is 0 Å². The zero-order valence-electron chi connectivity index (χ0n) is 14.5. The van der Waals surface area contributed by atoms with Crippen LogP contribution in [0, 0.1) is 0 Å². The highest BCUT2D eigenvalue weighted by Crippen LogP contribution is 2.01. The quantitative estimate of drug-likeness (QED) is 0.501. The van der Waals surface area contributed by atoms with Crippen molar-refractivity contribution in [3.8, 4) is 0 Å². The summed E-state index contributed by atoms with van der Waals surface area (Å²) in [5.74, 6) is 0. The Kier molecular flexibility index (Phi) is 11.1. The normalized spacial score (nSPS) is 17.7. The van der Waals surface area contributed by atoms with Gasteiger partial charge in [0.25, 0.3) is 0 Å². The molecule has 0 aromatic rings. The van der Waals surface area contributed by atoms with Crippen molar-refractivity contribution in [2.75, 3.05) is 85.1 Å². The molecular weight excluding hydrogens is 262 g/mol. The van der Waals surface area contributed by atoms with Gasteiger partial charge in [0.1, 0.15) is 0 Å². The predicted octanol–water partition coefficient (Wildman–Crippen LogP) is 0.145. The number of piperazine rings is 1. The van der Waals surface area contributed by atoms with Gasteiger partial charge in [-0.3, -0.25) is 4.90 Å². The molecule has 126 valence electrons. The molecule has 0 bridgehead atoms. The van der Waals surface area contributed by atoms with Crippen LogP contribution in [0.15, 0.2) is 0 Å². The van der Waals surface area contributed by atoms with Crippen LogP contribution in [0.3, 0.4) is 0 Å². The fourth-order valence-electron chi connectivity index (χ4n) is 2.76. The Labute approximate surface area is 132 Å². The van der Waals surface area contributed by atoms with Gasteiger partial charge >= 0.3 is 0 Å². The summed E-state index contributed by atoms with van der Waals surface area (Å²) in [5.41, 5.74) is 0. The molecule has 5 nitrogen and oxygen atoms in total. The van der Waals surface area contributed by atoms with E-state index in [0.29, 0.717) is 0 Å². The first-order valence-corrected chi connectivity index (χ1v) is 8.88. The maximum absolute atomic E-state index is 3.51. The van der Waals surface area contributed by atoms with Crippen LogP contribution in [0.25, 0.3) is 0 Å². The third kappa shape index (κ3) is 8.73. The molecule has 0 radical (unpaired) electrons. The van der Waals surface area contributed by atoms with Gasteiger partial charge in [-0.05, 0) is 19.6 Å². The molecule has 1 rings (SSSR count). The molecule has 1 aliphatic heterocycles. The molecule has 0 aliphatic carbocycles. The van der Waals surface area contributed by atoms with Crippen molar-refractivity contribution in [2.45, 2.75) is 20.8 Å². The van der Waals surface area contributed by atoms with E-state index in [4.69, 9.17) is 0 Å². The summed E-state index contributed by atoms with van der Waals surface area (Å²) in [6, 6.07) is 0. The molecule has 2 N–H and O–H groups in total. The molecule has 0 amide bonds. The van der Waals surface area contributed by atoms with Gasteiger partial charge in [0.15, 0.2) is 0 Å². The molecule has 1 heterocycles. The van der Waals surface area contributed by atoms with E-state index in [-0.39, 0.29) is 0 Å². The Morgan fingerprint density at radius 3 is 2.10 bits per heavy atom. The van der Waals surface area contributed by atoms with E-state index >= 15 is 0 Å². The van der Waals surface area contributed by atoms with Crippen LogP contribution in [-0.2, 0) is 0 Å². The molecule has 0 saturated carbocycles. The van der Waals surface area contributed by atoms with E-state index in [1.54, 1.807) is 0 Å². The fraction of sp³-hybridized carbons (Fsp3) is 1.00. The number of nitrogens with one attached hydrogen (secondary N) is 2. The van der Waals surface area contributed by atoms with Crippen molar-refractivity contribution in [1.82, 2.24) is 25.3 Å². The molecule has 1 fully saturated rings. The van der Waals surface area contributed by atoms with E-state index in [1.807, 2.05) is 0 Å². The van der Waals surface area contributed by atoms with Crippen LogP contribution in [0.2, 0.25) is 0 Å². The molecule has 0 atom stereocenters. The Bertz CT molecular complexity index is 229. The van der Waals surface area contributed by atoms with E-state index in [2.05, 4.69) is 46.1 Å². The van der Waals surface area contributed by atoms with Crippen molar-refractivity contribution in [3.05, 3.63) is 0 Å². The van der Waals surface area contributed by atoms with Gasteiger partial charge in [0.2, 0.25) is 0 Å². The Morgan fingerprint density at radius 1 is 0.810 bits per heavy atom.